The zero-order valence-electron chi connectivity index (χ0n) is 14.3. The number of carbonyl (C=O) groups excluding carboxylic acids is 1. The molecule has 0 saturated carbocycles. The van der Waals surface area contributed by atoms with Gasteiger partial charge in [0.05, 0.1) is 10.2 Å². The molecule has 0 N–H and O–H groups in total. The van der Waals surface area contributed by atoms with Gasteiger partial charge in [-0.25, -0.2) is 9.37 Å². The fourth-order valence-electron chi connectivity index (χ4n) is 3.06. The predicted molar refractivity (Wildman–Crippen MR) is 106 cm³/mol. The molecule has 0 spiro atoms. The van der Waals surface area contributed by atoms with Crippen molar-refractivity contribution in [2.75, 3.05) is 37.3 Å². The molecule has 1 amide bonds. The molecule has 3 aromatic rings. The van der Waals surface area contributed by atoms with E-state index in [2.05, 4.69) is 29.4 Å². The fourth-order valence-corrected chi connectivity index (χ4v) is 4.63. The summed E-state index contributed by atoms with van der Waals surface area (Å²) in [5.74, 6) is -0.494. The molecule has 1 aliphatic rings. The van der Waals surface area contributed by atoms with Crippen molar-refractivity contribution in [3.05, 3.63) is 53.8 Å². The minimum atomic E-state index is -0.381. The molecule has 0 radical (unpaired) electrons. The predicted octanol–water partition coefficient (Wildman–Crippen LogP) is 4.12. The number of rotatable bonds is 3. The van der Waals surface area contributed by atoms with Crippen molar-refractivity contribution >= 4 is 44.4 Å². The number of piperazine rings is 1. The van der Waals surface area contributed by atoms with Crippen molar-refractivity contribution in [1.82, 2.24) is 9.88 Å². The lowest BCUT2D eigenvalue weighted by molar-refractivity contribution is 0.0746. The third-order valence-corrected chi connectivity index (χ3v) is 6.30. The van der Waals surface area contributed by atoms with Crippen LogP contribution < -0.4 is 4.90 Å². The number of aromatic nitrogens is 1. The molecule has 134 valence electrons. The normalized spacial score (nSPS) is 14.8. The number of hydrogen-bond donors (Lipinski definition) is 0. The van der Waals surface area contributed by atoms with Crippen LogP contribution in [0.5, 0.6) is 0 Å². The van der Waals surface area contributed by atoms with Gasteiger partial charge in [-0.3, -0.25) is 4.79 Å². The number of anilines is 1. The summed E-state index contributed by atoms with van der Waals surface area (Å²) in [7, 11) is 0. The Kier molecular flexibility index (Phi) is 4.82. The molecule has 1 aliphatic heterocycles. The molecule has 7 heteroatoms. The van der Waals surface area contributed by atoms with Gasteiger partial charge in [0.2, 0.25) is 0 Å². The van der Waals surface area contributed by atoms with Crippen LogP contribution in [0.25, 0.3) is 10.2 Å². The van der Waals surface area contributed by atoms with Gasteiger partial charge in [-0.05, 0) is 42.7 Å². The number of fused-ring (bicyclic) bond motifs is 1. The zero-order chi connectivity index (χ0) is 18.1. The molecule has 2 aromatic carbocycles. The van der Waals surface area contributed by atoms with E-state index in [0.717, 1.165) is 23.7 Å². The Morgan fingerprint density at radius 3 is 2.69 bits per heavy atom. The number of thioether (sulfide) groups is 1. The maximum atomic E-state index is 13.3. The molecule has 0 bridgehead atoms. The van der Waals surface area contributed by atoms with Crippen LogP contribution in [0.4, 0.5) is 9.52 Å². The number of nitrogens with zero attached hydrogens (tertiary/aromatic N) is 3. The van der Waals surface area contributed by atoms with E-state index >= 15 is 0 Å². The molecule has 0 aliphatic carbocycles. The van der Waals surface area contributed by atoms with Gasteiger partial charge in [0, 0.05) is 36.6 Å². The van der Waals surface area contributed by atoms with Crippen LogP contribution in [0, 0.1) is 5.82 Å². The van der Waals surface area contributed by atoms with E-state index in [1.165, 1.54) is 21.7 Å². The summed E-state index contributed by atoms with van der Waals surface area (Å²) in [5, 5.41) is 0.996. The van der Waals surface area contributed by atoms with E-state index in [-0.39, 0.29) is 11.7 Å². The Balaban J connectivity index is 1.45. The quantitative estimate of drug-likeness (QED) is 0.634. The maximum Gasteiger partial charge on any atom is 0.254 e. The average Bonchev–Trinajstić information content (AvgIpc) is 3.10. The molecular formula is C19H18FN3OS2. The van der Waals surface area contributed by atoms with Crippen molar-refractivity contribution in [2.45, 2.75) is 4.90 Å². The number of carbonyl (C=O) groups is 1. The standard InChI is InChI=1S/C19H18FN3OS2/c1-25-15-5-6-16-17(12-15)26-19(21-16)23-9-7-22(8-10-23)18(24)13-3-2-4-14(20)11-13/h2-6,11-12H,7-10H2,1H3. The van der Waals surface area contributed by atoms with Crippen molar-refractivity contribution in [3.8, 4) is 0 Å². The second kappa shape index (κ2) is 7.25. The summed E-state index contributed by atoms with van der Waals surface area (Å²) in [6.45, 7) is 2.69. The van der Waals surface area contributed by atoms with Gasteiger partial charge in [-0.15, -0.1) is 11.8 Å². The van der Waals surface area contributed by atoms with Crippen LogP contribution in [0.1, 0.15) is 10.4 Å². The lowest BCUT2D eigenvalue weighted by atomic mass is 10.2. The number of benzene rings is 2. The molecule has 2 heterocycles. The van der Waals surface area contributed by atoms with Crippen LogP contribution in [-0.4, -0.2) is 48.2 Å². The van der Waals surface area contributed by atoms with Crippen molar-refractivity contribution in [1.29, 1.82) is 0 Å². The monoisotopic (exact) mass is 387 g/mol. The Bertz CT molecular complexity index is 951. The molecular weight excluding hydrogens is 369 g/mol. The van der Waals surface area contributed by atoms with Crippen LogP contribution in [0.15, 0.2) is 47.4 Å². The Morgan fingerprint density at radius 1 is 1.15 bits per heavy atom. The van der Waals surface area contributed by atoms with Crippen LogP contribution in [-0.2, 0) is 0 Å². The van der Waals surface area contributed by atoms with Crippen LogP contribution >= 0.6 is 23.1 Å². The topological polar surface area (TPSA) is 36.4 Å². The molecule has 4 rings (SSSR count). The van der Waals surface area contributed by atoms with Crippen LogP contribution in [0.3, 0.4) is 0 Å². The molecule has 26 heavy (non-hydrogen) atoms. The summed E-state index contributed by atoms with van der Waals surface area (Å²) >= 11 is 3.42. The first-order valence-electron chi connectivity index (χ1n) is 8.38. The Labute approximate surface area is 159 Å². The van der Waals surface area contributed by atoms with Crippen molar-refractivity contribution in [3.63, 3.8) is 0 Å². The molecule has 1 fully saturated rings. The van der Waals surface area contributed by atoms with Gasteiger partial charge < -0.3 is 9.80 Å². The third-order valence-electron chi connectivity index (χ3n) is 4.49. The first-order valence-corrected chi connectivity index (χ1v) is 10.4. The van der Waals surface area contributed by atoms with Gasteiger partial charge in [-0.1, -0.05) is 17.4 Å². The second-order valence-electron chi connectivity index (χ2n) is 6.12. The van der Waals surface area contributed by atoms with Gasteiger partial charge >= 0.3 is 0 Å². The largest absolute Gasteiger partial charge is 0.345 e. The van der Waals surface area contributed by atoms with Gasteiger partial charge in [0.1, 0.15) is 5.82 Å². The minimum Gasteiger partial charge on any atom is -0.345 e. The lowest BCUT2D eigenvalue weighted by Gasteiger charge is -2.34. The number of halogens is 1. The summed E-state index contributed by atoms with van der Waals surface area (Å²) in [6.07, 6.45) is 2.07. The van der Waals surface area contributed by atoms with Crippen LogP contribution in [0.2, 0.25) is 0 Å². The van der Waals surface area contributed by atoms with E-state index in [1.54, 1.807) is 40.1 Å². The molecule has 1 aromatic heterocycles. The van der Waals surface area contributed by atoms with E-state index in [9.17, 15) is 9.18 Å². The molecule has 0 unspecified atom stereocenters. The van der Waals surface area contributed by atoms with E-state index in [0.29, 0.717) is 18.7 Å². The van der Waals surface area contributed by atoms with Gasteiger partial charge in [0.15, 0.2) is 5.13 Å². The summed E-state index contributed by atoms with van der Waals surface area (Å²) in [5.41, 5.74) is 1.42. The lowest BCUT2D eigenvalue weighted by Crippen LogP contribution is -2.48. The average molecular weight is 388 g/mol. The minimum absolute atomic E-state index is 0.113. The van der Waals surface area contributed by atoms with Gasteiger partial charge in [-0.2, -0.15) is 0 Å². The third kappa shape index (κ3) is 3.41. The van der Waals surface area contributed by atoms with E-state index in [1.807, 2.05) is 0 Å². The summed E-state index contributed by atoms with van der Waals surface area (Å²) < 4.78 is 14.5. The number of thiazole rings is 1. The molecule has 0 atom stereocenters. The Hall–Kier alpha value is -2.12. The van der Waals surface area contributed by atoms with E-state index in [4.69, 9.17) is 4.98 Å². The maximum absolute atomic E-state index is 13.3. The first kappa shape index (κ1) is 17.3. The molecule has 1 saturated heterocycles. The summed E-state index contributed by atoms with van der Waals surface area (Å²) in [6, 6.07) is 12.2. The Morgan fingerprint density at radius 2 is 1.96 bits per heavy atom. The smallest absolute Gasteiger partial charge is 0.254 e. The highest BCUT2D eigenvalue weighted by Crippen LogP contribution is 2.32. The van der Waals surface area contributed by atoms with Gasteiger partial charge in [0.25, 0.3) is 5.91 Å². The number of hydrogen-bond acceptors (Lipinski definition) is 5. The summed E-state index contributed by atoms with van der Waals surface area (Å²) in [4.78, 5) is 22.5. The fraction of sp³-hybridized carbons (Fsp3) is 0.263. The van der Waals surface area contributed by atoms with Crippen molar-refractivity contribution in [2.24, 2.45) is 0 Å². The molecule has 4 nitrogen and oxygen atoms in total. The SMILES string of the molecule is CSc1ccc2nc(N3CCN(C(=O)c4cccc(F)c4)CC3)sc2c1. The number of amides is 1. The highest BCUT2D eigenvalue weighted by atomic mass is 32.2. The zero-order valence-corrected chi connectivity index (χ0v) is 15.9. The highest BCUT2D eigenvalue weighted by Gasteiger charge is 2.24. The van der Waals surface area contributed by atoms with Crippen molar-refractivity contribution < 1.29 is 9.18 Å². The second-order valence-corrected chi connectivity index (χ2v) is 8.01. The highest BCUT2D eigenvalue weighted by molar-refractivity contribution is 7.98. The first-order chi connectivity index (χ1) is 12.6. The van der Waals surface area contributed by atoms with E-state index < -0.39 is 0 Å².